The van der Waals surface area contributed by atoms with Gasteiger partial charge in [0.05, 0.1) is 12.7 Å². The van der Waals surface area contributed by atoms with E-state index in [1.807, 2.05) is 0 Å². The Hall–Kier alpha value is -1.12. The van der Waals surface area contributed by atoms with Gasteiger partial charge in [-0.15, -0.1) is 0 Å². The van der Waals surface area contributed by atoms with Gasteiger partial charge in [-0.2, -0.15) is 5.26 Å². The molecule has 1 aliphatic heterocycles. The maximum absolute atomic E-state index is 12.1. The fourth-order valence-electron chi connectivity index (χ4n) is 1.98. The molecule has 1 saturated heterocycles. The molecule has 1 aliphatic rings. The SMILES string of the molecule is CC(C)(C#N)C(=O)N1CCCN(CCO)CC1. The highest BCUT2D eigenvalue weighted by Crippen LogP contribution is 2.18. The van der Waals surface area contributed by atoms with Crippen molar-refractivity contribution in [2.24, 2.45) is 5.41 Å². The standard InChI is InChI=1S/C12H21N3O2/c1-12(2,10-13)11(17)15-5-3-4-14(6-7-15)8-9-16/h16H,3-9H2,1-2H3. The molecule has 0 spiro atoms. The van der Waals surface area contributed by atoms with Crippen LogP contribution in [0.5, 0.6) is 0 Å². The number of carbonyl (C=O) groups excluding carboxylic acids is 1. The molecule has 5 nitrogen and oxygen atoms in total. The molecule has 0 atom stereocenters. The fraction of sp³-hybridized carbons (Fsp3) is 0.833. The summed E-state index contributed by atoms with van der Waals surface area (Å²) in [6.07, 6.45) is 0.896. The van der Waals surface area contributed by atoms with E-state index >= 15 is 0 Å². The smallest absolute Gasteiger partial charge is 0.242 e. The molecule has 1 heterocycles. The van der Waals surface area contributed by atoms with Crippen LogP contribution in [0.15, 0.2) is 0 Å². The first kappa shape index (κ1) is 13.9. The molecule has 0 aromatic heterocycles. The number of hydrogen-bond donors (Lipinski definition) is 1. The Bertz CT molecular complexity index is 309. The highest BCUT2D eigenvalue weighted by Gasteiger charge is 2.32. The zero-order valence-electron chi connectivity index (χ0n) is 10.6. The normalized spacial score (nSPS) is 18.6. The van der Waals surface area contributed by atoms with Crippen molar-refractivity contribution in [2.45, 2.75) is 20.3 Å². The van der Waals surface area contributed by atoms with Gasteiger partial charge in [0.2, 0.25) is 5.91 Å². The fourth-order valence-corrected chi connectivity index (χ4v) is 1.98. The zero-order chi connectivity index (χ0) is 12.9. The van der Waals surface area contributed by atoms with Crippen molar-refractivity contribution >= 4 is 5.91 Å². The van der Waals surface area contributed by atoms with Gasteiger partial charge in [-0.3, -0.25) is 9.69 Å². The molecule has 0 aromatic rings. The highest BCUT2D eigenvalue weighted by molar-refractivity contribution is 5.84. The lowest BCUT2D eigenvalue weighted by Gasteiger charge is -2.26. The monoisotopic (exact) mass is 239 g/mol. The van der Waals surface area contributed by atoms with Crippen LogP contribution in [0, 0.1) is 16.7 Å². The Labute approximate surface area is 103 Å². The van der Waals surface area contributed by atoms with Crippen LogP contribution in [0.4, 0.5) is 0 Å². The molecule has 0 saturated carbocycles. The molecule has 1 amide bonds. The first-order chi connectivity index (χ1) is 8.01. The van der Waals surface area contributed by atoms with Crippen LogP contribution in [-0.2, 0) is 4.79 Å². The lowest BCUT2D eigenvalue weighted by atomic mass is 9.94. The van der Waals surface area contributed by atoms with Crippen LogP contribution in [0.3, 0.4) is 0 Å². The van der Waals surface area contributed by atoms with Gasteiger partial charge < -0.3 is 10.0 Å². The number of hydrogen-bond acceptors (Lipinski definition) is 4. The zero-order valence-corrected chi connectivity index (χ0v) is 10.6. The van der Waals surface area contributed by atoms with Gasteiger partial charge in [-0.05, 0) is 26.8 Å². The van der Waals surface area contributed by atoms with Crippen molar-refractivity contribution in [3.05, 3.63) is 0 Å². The van der Waals surface area contributed by atoms with Crippen LogP contribution in [-0.4, -0.2) is 60.1 Å². The van der Waals surface area contributed by atoms with Gasteiger partial charge in [0.25, 0.3) is 0 Å². The molecule has 0 aliphatic carbocycles. The summed E-state index contributed by atoms with van der Waals surface area (Å²) in [6.45, 7) is 7.14. The van der Waals surface area contributed by atoms with Crippen molar-refractivity contribution in [3.8, 4) is 6.07 Å². The first-order valence-electron chi connectivity index (χ1n) is 6.05. The summed E-state index contributed by atoms with van der Waals surface area (Å²) in [6, 6.07) is 2.05. The average molecular weight is 239 g/mol. The Kier molecular flexibility index (Phi) is 4.91. The Morgan fingerprint density at radius 1 is 1.35 bits per heavy atom. The molecular weight excluding hydrogens is 218 g/mol. The lowest BCUT2D eigenvalue weighted by molar-refractivity contribution is -0.137. The number of rotatable bonds is 3. The van der Waals surface area contributed by atoms with Gasteiger partial charge in [-0.25, -0.2) is 0 Å². The minimum absolute atomic E-state index is 0.0918. The summed E-state index contributed by atoms with van der Waals surface area (Å²) in [5.41, 5.74) is -0.938. The van der Waals surface area contributed by atoms with Crippen molar-refractivity contribution in [2.75, 3.05) is 39.3 Å². The number of amides is 1. The van der Waals surface area contributed by atoms with E-state index in [1.165, 1.54) is 0 Å². The molecule has 0 radical (unpaired) electrons. The third-order valence-corrected chi connectivity index (χ3v) is 3.11. The molecule has 1 fully saturated rings. The van der Waals surface area contributed by atoms with E-state index in [2.05, 4.69) is 11.0 Å². The molecule has 96 valence electrons. The van der Waals surface area contributed by atoms with Crippen molar-refractivity contribution in [1.29, 1.82) is 5.26 Å². The predicted molar refractivity (Wildman–Crippen MR) is 64.1 cm³/mol. The summed E-state index contributed by atoms with van der Waals surface area (Å²) in [7, 11) is 0. The molecule has 1 rings (SSSR count). The summed E-state index contributed by atoms with van der Waals surface area (Å²) in [5, 5.41) is 17.8. The number of nitriles is 1. The number of carbonyl (C=O) groups is 1. The molecule has 0 aromatic carbocycles. The quantitative estimate of drug-likeness (QED) is 0.756. The predicted octanol–water partition coefficient (Wildman–Crippen LogP) is 0.0628. The molecular formula is C12H21N3O2. The molecule has 1 N–H and O–H groups in total. The Morgan fingerprint density at radius 2 is 2.06 bits per heavy atom. The second-order valence-corrected chi connectivity index (χ2v) is 4.95. The third kappa shape index (κ3) is 3.69. The van der Waals surface area contributed by atoms with E-state index < -0.39 is 5.41 Å². The van der Waals surface area contributed by atoms with Gasteiger partial charge in [0.1, 0.15) is 5.41 Å². The van der Waals surface area contributed by atoms with Crippen molar-refractivity contribution in [1.82, 2.24) is 9.80 Å². The van der Waals surface area contributed by atoms with E-state index in [0.717, 1.165) is 19.5 Å². The first-order valence-corrected chi connectivity index (χ1v) is 6.05. The minimum atomic E-state index is -0.938. The van der Waals surface area contributed by atoms with Gasteiger partial charge in [0.15, 0.2) is 0 Å². The minimum Gasteiger partial charge on any atom is -0.395 e. The molecule has 0 bridgehead atoms. The van der Waals surface area contributed by atoms with Crippen LogP contribution in [0.25, 0.3) is 0 Å². The summed E-state index contributed by atoms with van der Waals surface area (Å²) < 4.78 is 0. The van der Waals surface area contributed by atoms with Crippen molar-refractivity contribution < 1.29 is 9.90 Å². The Balaban J connectivity index is 2.58. The number of nitrogens with zero attached hydrogens (tertiary/aromatic N) is 3. The topological polar surface area (TPSA) is 67.6 Å². The molecule has 5 heteroatoms. The molecule has 0 unspecified atom stereocenters. The second-order valence-electron chi connectivity index (χ2n) is 4.95. The van der Waals surface area contributed by atoms with E-state index in [1.54, 1.807) is 18.7 Å². The van der Waals surface area contributed by atoms with Crippen LogP contribution in [0.2, 0.25) is 0 Å². The van der Waals surface area contributed by atoms with E-state index in [0.29, 0.717) is 19.6 Å². The van der Waals surface area contributed by atoms with Gasteiger partial charge in [0, 0.05) is 26.2 Å². The van der Waals surface area contributed by atoms with E-state index in [4.69, 9.17) is 10.4 Å². The third-order valence-electron chi connectivity index (χ3n) is 3.11. The summed E-state index contributed by atoms with van der Waals surface area (Å²) >= 11 is 0. The summed E-state index contributed by atoms with van der Waals surface area (Å²) in [5.74, 6) is -0.0918. The van der Waals surface area contributed by atoms with E-state index in [-0.39, 0.29) is 12.5 Å². The average Bonchev–Trinajstić information content (AvgIpc) is 2.54. The summed E-state index contributed by atoms with van der Waals surface area (Å²) in [4.78, 5) is 16.0. The van der Waals surface area contributed by atoms with Gasteiger partial charge in [-0.1, -0.05) is 0 Å². The molecule has 17 heavy (non-hydrogen) atoms. The van der Waals surface area contributed by atoms with Crippen LogP contribution < -0.4 is 0 Å². The van der Waals surface area contributed by atoms with Crippen molar-refractivity contribution in [3.63, 3.8) is 0 Å². The van der Waals surface area contributed by atoms with Gasteiger partial charge >= 0.3 is 0 Å². The van der Waals surface area contributed by atoms with E-state index in [9.17, 15) is 4.79 Å². The lowest BCUT2D eigenvalue weighted by Crippen LogP contribution is -2.42. The largest absolute Gasteiger partial charge is 0.395 e. The second kappa shape index (κ2) is 5.99. The maximum atomic E-state index is 12.1. The number of aliphatic hydroxyl groups excluding tert-OH is 1. The maximum Gasteiger partial charge on any atom is 0.242 e. The highest BCUT2D eigenvalue weighted by atomic mass is 16.3. The van der Waals surface area contributed by atoms with Crippen LogP contribution in [0.1, 0.15) is 20.3 Å². The Morgan fingerprint density at radius 3 is 2.65 bits per heavy atom. The number of β-amino-alcohol motifs (C(OH)–C–C–N with tert-alkyl or cyclic N) is 1. The van der Waals surface area contributed by atoms with Crippen LogP contribution >= 0.6 is 0 Å². The number of aliphatic hydroxyl groups is 1.